The number of carboxylic acids is 1. The van der Waals surface area contributed by atoms with Crippen LogP contribution in [-0.2, 0) is 14.3 Å². The second-order valence-electron chi connectivity index (χ2n) is 5.66. The van der Waals surface area contributed by atoms with E-state index >= 15 is 0 Å². The molecule has 132 valence electrons. The predicted octanol–water partition coefficient (Wildman–Crippen LogP) is 1.90. The quantitative estimate of drug-likeness (QED) is 0.752. The molecule has 1 aliphatic rings. The van der Waals surface area contributed by atoms with Gasteiger partial charge in [-0.05, 0) is 25.0 Å². The Labute approximate surface area is 140 Å². The second kappa shape index (κ2) is 8.54. The number of benzene rings is 1. The maximum Gasteiger partial charge on any atom is 0.305 e. The van der Waals surface area contributed by atoms with Crippen LogP contribution in [0.1, 0.15) is 37.3 Å². The van der Waals surface area contributed by atoms with Gasteiger partial charge in [0.15, 0.2) is 0 Å². The normalized spacial score (nSPS) is 18.0. The standard InChI is InChI=1S/C17H23NO6/c1-22-11-5-6-13(15(8-11)23-2)14(10-17(20)21)18-16(19)9-12-4-3-7-24-12/h5-6,8,12,14H,3-4,7,9-10H2,1-2H3,(H,18,19)(H,20,21). The molecular weight excluding hydrogens is 314 g/mol. The van der Waals surface area contributed by atoms with Crippen LogP contribution >= 0.6 is 0 Å². The lowest BCUT2D eigenvalue weighted by Crippen LogP contribution is -2.32. The molecule has 0 saturated carbocycles. The zero-order chi connectivity index (χ0) is 17.5. The number of ether oxygens (including phenoxy) is 3. The highest BCUT2D eigenvalue weighted by Gasteiger charge is 2.25. The summed E-state index contributed by atoms with van der Waals surface area (Å²) in [5.74, 6) is -0.172. The summed E-state index contributed by atoms with van der Waals surface area (Å²) in [5.41, 5.74) is 0.599. The van der Waals surface area contributed by atoms with Crippen molar-refractivity contribution in [1.82, 2.24) is 5.32 Å². The molecule has 24 heavy (non-hydrogen) atoms. The molecule has 2 rings (SSSR count). The molecule has 7 heteroatoms. The van der Waals surface area contributed by atoms with Crippen LogP contribution < -0.4 is 14.8 Å². The largest absolute Gasteiger partial charge is 0.497 e. The van der Waals surface area contributed by atoms with Gasteiger partial charge in [0.1, 0.15) is 11.5 Å². The number of rotatable bonds is 8. The van der Waals surface area contributed by atoms with E-state index in [1.807, 2.05) is 0 Å². The lowest BCUT2D eigenvalue weighted by molar-refractivity contribution is -0.137. The summed E-state index contributed by atoms with van der Waals surface area (Å²) in [6.07, 6.45) is 1.70. The third kappa shape index (κ3) is 4.86. The van der Waals surface area contributed by atoms with E-state index in [4.69, 9.17) is 19.3 Å². The molecule has 1 aromatic rings. The van der Waals surface area contributed by atoms with Crippen molar-refractivity contribution in [2.45, 2.75) is 37.8 Å². The van der Waals surface area contributed by atoms with Crippen LogP contribution in [0.5, 0.6) is 11.5 Å². The molecule has 1 heterocycles. The Morgan fingerprint density at radius 2 is 2.17 bits per heavy atom. The van der Waals surface area contributed by atoms with Gasteiger partial charge in [-0.25, -0.2) is 0 Å². The number of hydrogen-bond donors (Lipinski definition) is 2. The summed E-state index contributed by atoms with van der Waals surface area (Å²) in [5, 5.41) is 11.9. The monoisotopic (exact) mass is 337 g/mol. The molecule has 2 N–H and O–H groups in total. The molecule has 1 saturated heterocycles. The molecule has 2 unspecified atom stereocenters. The SMILES string of the molecule is COc1ccc(C(CC(=O)O)NC(=O)CC2CCCO2)c(OC)c1. The maximum absolute atomic E-state index is 12.2. The zero-order valence-electron chi connectivity index (χ0n) is 13.9. The van der Waals surface area contributed by atoms with Gasteiger partial charge in [-0.1, -0.05) is 0 Å². The Balaban J connectivity index is 2.14. The smallest absolute Gasteiger partial charge is 0.305 e. The van der Waals surface area contributed by atoms with Crippen molar-refractivity contribution >= 4 is 11.9 Å². The molecule has 0 spiro atoms. The first-order chi connectivity index (χ1) is 11.5. The number of aliphatic carboxylic acids is 1. The van der Waals surface area contributed by atoms with E-state index < -0.39 is 12.0 Å². The van der Waals surface area contributed by atoms with Crippen LogP contribution in [0.2, 0.25) is 0 Å². The molecule has 1 fully saturated rings. The van der Waals surface area contributed by atoms with Gasteiger partial charge >= 0.3 is 5.97 Å². The minimum absolute atomic E-state index is 0.0896. The first kappa shape index (κ1) is 18.1. The van der Waals surface area contributed by atoms with E-state index in [1.165, 1.54) is 14.2 Å². The average Bonchev–Trinajstić information content (AvgIpc) is 3.05. The number of carbonyl (C=O) groups is 2. The predicted molar refractivity (Wildman–Crippen MR) is 86.3 cm³/mol. The van der Waals surface area contributed by atoms with Crippen LogP contribution in [0, 0.1) is 0 Å². The molecule has 2 atom stereocenters. The molecular formula is C17H23NO6. The fourth-order valence-electron chi connectivity index (χ4n) is 2.79. The Kier molecular flexibility index (Phi) is 6.43. The number of methoxy groups -OCH3 is 2. The Bertz CT molecular complexity index is 582. The van der Waals surface area contributed by atoms with E-state index in [0.29, 0.717) is 23.7 Å². The minimum Gasteiger partial charge on any atom is -0.497 e. The zero-order valence-corrected chi connectivity index (χ0v) is 13.9. The van der Waals surface area contributed by atoms with Crippen molar-refractivity contribution in [3.63, 3.8) is 0 Å². The van der Waals surface area contributed by atoms with Gasteiger partial charge in [0, 0.05) is 18.2 Å². The summed E-state index contributed by atoms with van der Waals surface area (Å²) in [6.45, 7) is 0.669. The number of nitrogens with one attached hydrogen (secondary N) is 1. The molecule has 1 aliphatic heterocycles. The van der Waals surface area contributed by atoms with E-state index in [1.54, 1.807) is 18.2 Å². The molecule has 0 aliphatic carbocycles. The van der Waals surface area contributed by atoms with Crippen LogP contribution in [-0.4, -0.2) is 43.9 Å². The fourth-order valence-corrected chi connectivity index (χ4v) is 2.79. The van der Waals surface area contributed by atoms with Crippen LogP contribution in [0.25, 0.3) is 0 Å². The van der Waals surface area contributed by atoms with Crippen molar-refractivity contribution in [2.75, 3.05) is 20.8 Å². The van der Waals surface area contributed by atoms with Gasteiger partial charge in [-0.2, -0.15) is 0 Å². The van der Waals surface area contributed by atoms with Crippen molar-refractivity contribution in [3.05, 3.63) is 23.8 Å². The van der Waals surface area contributed by atoms with E-state index in [2.05, 4.69) is 5.32 Å². The Morgan fingerprint density at radius 3 is 2.75 bits per heavy atom. The topological polar surface area (TPSA) is 94.1 Å². The maximum atomic E-state index is 12.2. The molecule has 0 aromatic heterocycles. The van der Waals surface area contributed by atoms with Crippen LogP contribution in [0.15, 0.2) is 18.2 Å². The third-order valence-electron chi connectivity index (χ3n) is 3.97. The van der Waals surface area contributed by atoms with Crippen LogP contribution in [0.4, 0.5) is 0 Å². The lowest BCUT2D eigenvalue weighted by Gasteiger charge is -2.21. The summed E-state index contributed by atoms with van der Waals surface area (Å²) >= 11 is 0. The number of hydrogen-bond acceptors (Lipinski definition) is 5. The van der Waals surface area contributed by atoms with Gasteiger partial charge in [0.25, 0.3) is 0 Å². The minimum atomic E-state index is -1.00. The van der Waals surface area contributed by atoms with Gasteiger partial charge in [-0.3, -0.25) is 9.59 Å². The molecule has 1 amide bonds. The first-order valence-corrected chi connectivity index (χ1v) is 7.88. The third-order valence-corrected chi connectivity index (χ3v) is 3.97. The summed E-state index contributed by atoms with van der Waals surface area (Å²) in [6, 6.07) is 4.39. The summed E-state index contributed by atoms with van der Waals surface area (Å²) in [7, 11) is 3.02. The highest BCUT2D eigenvalue weighted by atomic mass is 16.5. The number of amides is 1. The first-order valence-electron chi connectivity index (χ1n) is 7.88. The summed E-state index contributed by atoms with van der Waals surface area (Å²) in [4.78, 5) is 23.4. The van der Waals surface area contributed by atoms with Crippen molar-refractivity contribution in [1.29, 1.82) is 0 Å². The van der Waals surface area contributed by atoms with Gasteiger partial charge in [0.2, 0.25) is 5.91 Å². The number of carbonyl (C=O) groups excluding carboxylic acids is 1. The van der Waals surface area contributed by atoms with Crippen LogP contribution in [0.3, 0.4) is 0 Å². The molecule has 0 radical (unpaired) electrons. The van der Waals surface area contributed by atoms with Gasteiger partial charge < -0.3 is 24.6 Å². The van der Waals surface area contributed by atoms with Crippen molar-refractivity contribution < 1.29 is 28.9 Å². The van der Waals surface area contributed by atoms with E-state index in [-0.39, 0.29) is 24.9 Å². The van der Waals surface area contributed by atoms with Gasteiger partial charge in [0.05, 0.1) is 39.2 Å². The van der Waals surface area contributed by atoms with E-state index in [9.17, 15) is 9.59 Å². The molecule has 0 bridgehead atoms. The fraction of sp³-hybridized carbons (Fsp3) is 0.529. The van der Waals surface area contributed by atoms with Crippen molar-refractivity contribution in [2.24, 2.45) is 0 Å². The summed E-state index contributed by atoms with van der Waals surface area (Å²) < 4.78 is 15.9. The highest BCUT2D eigenvalue weighted by molar-refractivity contribution is 5.78. The Morgan fingerprint density at radius 1 is 1.38 bits per heavy atom. The van der Waals surface area contributed by atoms with E-state index in [0.717, 1.165) is 12.8 Å². The Hall–Kier alpha value is -2.28. The molecule has 7 nitrogen and oxygen atoms in total. The highest BCUT2D eigenvalue weighted by Crippen LogP contribution is 2.31. The van der Waals surface area contributed by atoms with Gasteiger partial charge in [-0.15, -0.1) is 0 Å². The second-order valence-corrected chi connectivity index (χ2v) is 5.66. The lowest BCUT2D eigenvalue weighted by atomic mass is 10.0. The molecule has 1 aromatic carbocycles. The number of carboxylic acid groups (broad SMARTS) is 1. The van der Waals surface area contributed by atoms with Crippen molar-refractivity contribution in [3.8, 4) is 11.5 Å². The average molecular weight is 337 g/mol.